The summed E-state index contributed by atoms with van der Waals surface area (Å²) in [5, 5.41) is 46.5. The molecule has 0 radical (unpaired) electrons. The molecular weight excluding hydrogens is 585 g/mol. The SMILES string of the molecule is O=C(O)CC(O)(CC(=O)O)C(=O)O.O=C(O)Oc1cn(C2CC2)c2c(Cl)c(N3C[C@@H]4CCCN[C@@H]4C3)c(F)cc2c1=O. The fourth-order valence-corrected chi connectivity index (χ4v) is 5.86. The molecule has 42 heavy (non-hydrogen) atoms. The normalized spacial score (nSPS) is 19.9. The van der Waals surface area contributed by atoms with Gasteiger partial charge in [-0.1, -0.05) is 11.6 Å². The number of benzene rings is 1. The standard InChI is InChI=1S/C20H21ClFN3O4.C6H8O7/c21-16-17-12(19(26)15(29-20(27)28)9-25(17)11-3-4-11)6-13(22)18(16)24-7-10-2-1-5-23-14(10)8-24;7-3(8)1-6(13,5(11)12)2-4(9)10/h6,9-11,14,23H,1-5,7-8H2,(H,27,28);13H,1-2H2,(H,7,8)(H,9,10)(H,11,12)/t10-,14+;/m0./s1. The van der Waals surface area contributed by atoms with Crippen molar-refractivity contribution >= 4 is 52.3 Å². The van der Waals surface area contributed by atoms with Crippen molar-refractivity contribution < 1.29 is 53.8 Å². The number of carboxylic acid groups (broad SMARTS) is 4. The lowest BCUT2D eigenvalue weighted by atomic mass is 9.94. The lowest BCUT2D eigenvalue weighted by Gasteiger charge is -2.24. The summed E-state index contributed by atoms with van der Waals surface area (Å²) in [6, 6.07) is 1.57. The Morgan fingerprint density at radius 2 is 1.71 bits per heavy atom. The predicted molar refractivity (Wildman–Crippen MR) is 144 cm³/mol. The van der Waals surface area contributed by atoms with Crippen LogP contribution in [0.3, 0.4) is 0 Å². The Bertz CT molecular complexity index is 1460. The number of anilines is 1. The average Bonchev–Trinajstić information content (AvgIpc) is 3.63. The number of nitrogens with zero attached hydrogens (tertiary/aromatic N) is 2. The van der Waals surface area contributed by atoms with Crippen molar-refractivity contribution in [2.24, 2.45) is 5.92 Å². The Morgan fingerprint density at radius 3 is 2.24 bits per heavy atom. The van der Waals surface area contributed by atoms with Crippen molar-refractivity contribution in [3.05, 3.63) is 33.3 Å². The number of piperidine rings is 1. The van der Waals surface area contributed by atoms with Crippen molar-refractivity contribution in [1.82, 2.24) is 9.88 Å². The third kappa shape index (κ3) is 6.58. The topological polar surface area (TPSA) is 216 Å². The van der Waals surface area contributed by atoms with Gasteiger partial charge in [0, 0.05) is 25.2 Å². The van der Waals surface area contributed by atoms with E-state index in [4.69, 9.17) is 37.1 Å². The molecule has 1 aromatic carbocycles. The number of hydrogen-bond acceptors (Lipinski definition) is 9. The maximum atomic E-state index is 15.2. The zero-order valence-electron chi connectivity index (χ0n) is 22.1. The van der Waals surface area contributed by atoms with E-state index >= 15 is 4.39 Å². The Hall–Kier alpha value is -3.95. The summed E-state index contributed by atoms with van der Waals surface area (Å²) in [5.41, 5.74) is -2.66. The molecule has 1 aliphatic carbocycles. The van der Waals surface area contributed by atoms with E-state index in [1.165, 1.54) is 12.3 Å². The Morgan fingerprint density at radius 1 is 1.07 bits per heavy atom. The molecule has 14 nitrogen and oxygen atoms in total. The van der Waals surface area contributed by atoms with Crippen LogP contribution < -0.4 is 20.4 Å². The van der Waals surface area contributed by atoms with Crippen LogP contribution in [0.4, 0.5) is 14.9 Å². The molecule has 5 rings (SSSR count). The molecule has 16 heteroatoms. The third-order valence-electron chi connectivity index (χ3n) is 7.49. The minimum atomic E-state index is -2.74. The highest BCUT2D eigenvalue weighted by Gasteiger charge is 2.41. The first-order valence-corrected chi connectivity index (χ1v) is 13.4. The number of aromatic nitrogens is 1. The van der Waals surface area contributed by atoms with Gasteiger partial charge in [0.2, 0.25) is 5.43 Å². The van der Waals surface area contributed by atoms with Gasteiger partial charge >= 0.3 is 24.1 Å². The van der Waals surface area contributed by atoms with Crippen LogP contribution in [0.15, 0.2) is 17.1 Å². The number of carbonyl (C=O) groups is 4. The van der Waals surface area contributed by atoms with Crippen LogP contribution >= 0.6 is 11.6 Å². The lowest BCUT2D eigenvalue weighted by molar-refractivity contribution is -0.170. The number of carboxylic acids is 3. The molecular formula is C26H29ClFN3O11. The molecule has 2 aromatic rings. The summed E-state index contributed by atoms with van der Waals surface area (Å²) >= 11 is 6.71. The summed E-state index contributed by atoms with van der Waals surface area (Å²) in [4.78, 5) is 56.2. The molecule has 6 N–H and O–H groups in total. The maximum Gasteiger partial charge on any atom is 0.511 e. The fourth-order valence-electron chi connectivity index (χ4n) is 5.45. The van der Waals surface area contributed by atoms with Gasteiger partial charge in [-0.15, -0.1) is 0 Å². The lowest BCUT2D eigenvalue weighted by Crippen LogP contribution is -2.42. The van der Waals surface area contributed by atoms with E-state index in [0.29, 0.717) is 36.3 Å². The molecule has 0 spiro atoms. The first kappa shape index (κ1) is 31.0. The van der Waals surface area contributed by atoms with Gasteiger partial charge in [-0.2, -0.15) is 0 Å². The van der Waals surface area contributed by atoms with Crippen molar-refractivity contribution in [2.75, 3.05) is 24.5 Å². The van der Waals surface area contributed by atoms with Crippen molar-refractivity contribution in [3.63, 3.8) is 0 Å². The maximum absolute atomic E-state index is 15.2. The number of pyridine rings is 1. The number of rotatable bonds is 8. The molecule has 0 bridgehead atoms. The minimum absolute atomic E-state index is 0.0386. The summed E-state index contributed by atoms with van der Waals surface area (Å²) in [7, 11) is 0. The first-order chi connectivity index (χ1) is 19.7. The molecule has 3 fully saturated rings. The molecule has 2 saturated heterocycles. The van der Waals surface area contributed by atoms with E-state index in [1.807, 2.05) is 4.90 Å². The summed E-state index contributed by atoms with van der Waals surface area (Å²) in [5.74, 6) is -5.48. The van der Waals surface area contributed by atoms with Crippen LogP contribution in [-0.4, -0.2) is 85.4 Å². The highest BCUT2D eigenvalue weighted by atomic mass is 35.5. The zero-order chi connectivity index (χ0) is 30.9. The highest BCUT2D eigenvalue weighted by Crippen LogP contribution is 2.44. The zero-order valence-corrected chi connectivity index (χ0v) is 22.8. The second kappa shape index (κ2) is 12.1. The number of aliphatic carboxylic acids is 3. The minimum Gasteiger partial charge on any atom is -0.481 e. The van der Waals surface area contributed by atoms with E-state index in [-0.39, 0.29) is 22.2 Å². The van der Waals surface area contributed by atoms with Gasteiger partial charge in [0.1, 0.15) is 5.82 Å². The van der Waals surface area contributed by atoms with Gasteiger partial charge in [0.15, 0.2) is 11.4 Å². The van der Waals surface area contributed by atoms with E-state index < -0.39 is 53.8 Å². The van der Waals surface area contributed by atoms with Gasteiger partial charge in [-0.05, 0) is 44.2 Å². The Labute approximate surface area is 241 Å². The average molecular weight is 614 g/mol. The molecule has 3 aliphatic rings. The summed E-state index contributed by atoms with van der Waals surface area (Å²) < 4.78 is 21.6. The van der Waals surface area contributed by atoms with Crippen molar-refractivity contribution in [1.29, 1.82) is 0 Å². The molecule has 2 aliphatic heterocycles. The number of fused-ring (bicyclic) bond motifs is 2. The monoisotopic (exact) mass is 613 g/mol. The number of nitrogens with one attached hydrogen (secondary N) is 1. The number of hydrogen-bond donors (Lipinski definition) is 6. The van der Waals surface area contributed by atoms with Gasteiger partial charge in [-0.25, -0.2) is 14.0 Å². The second-order valence-electron chi connectivity index (χ2n) is 10.6. The van der Waals surface area contributed by atoms with E-state index in [9.17, 15) is 24.0 Å². The third-order valence-corrected chi connectivity index (χ3v) is 7.85. The predicted octanol–water partition coefficient (Wildman–Crippen LogP) is 2.13. The summed E-state index contributed by atoms with van der Waals surface area (Å²) in [6.45, 7) is 2.35. The van der Waals surface area contributed by atoms with Crippen LogP contribution in [0.5, 0.6) is 5.75 Å². The van der Waals surface area contributed by atoms with E-state index in [0.717, 1.165) is 32.2 Å². The van der Waals surface area contributed by atoms with Crippen LogP contribution in [-0.2, 0) is 14.4 Å². The van der Waals surface area contributed by atoms with Crippen LogP contribution in [0.2, 0.25) is 5.02 Å². The van der Waals surface area contributed by atoms with Gasteiger partial charge < -0.3 is 45.1 Å². The number of ether oxygens (including phenoxy) is 1. The van der Waals surface area contributed by atoms with Crippen molar-refractivity contribution in [3.8, 4) is 5.75 Å². The quantitative estimate of drug-likeness (QED) is 0.235. The molecule has 3 heterocycles. The Balaban J connectivity index is 0.000000266. The Kier molecular flexibility index (Phi) is 8.94. The van der Waals surface area contributed by atoms with Crippen LogP contribution in [0, 0.1) is 11.7 Å². The van der Waals surface area contributed by atoms with Gasteiger partial charge in [0.05, 0.1) is 40.7 Å². The molecule has 0 unspecified atom stereocenters. The van der Waals surface area contributed by atoms with Crippen LogP contribution in [0.25, 0.3) is 10.9 Å². The van der Waals surface area contributed by atoms with Gasteiger partial charge in [-0.3, -0.25) is 14.4 Å². The molecule has 0 amide bonds. The molecule has 1 saturated carbocycles. The number of halogens is 2. The first-order valence-electron chi connectivity index (χ1n) is 13.1. The molecule has 228 valence electrons. The molecule has 2 atom stereocenters. The number of aliphatic hydroxyl groups is 1. The van der Waals surface area contributed by atoms with Crippen molar-refractivity contribution in [2.45, 2.75) is 56.2 Å². The fraction of sp³-hybridized carbons (Fsp3) is 0.500. The second-order valence-corrected chi connectivity index (χ2v) is 11.0. The smallest absolute Gasteiger partial charge is 0.481 e. The van der Waals surface area contributed by atoms with E-state index in [1.54, 1.807) is 4.57 Å². The summed E-state index contributed by atoms with van der Waals surface area (Å²) in [6.07, 6.45) is 1.48. The van der Waals surface area contributed by atoms with E-state index in [2.05, 4.69) is 10.1 Å². The highest BCUT2D eigenvalue weighted by molar-refractivity contribution is 6.38. The van der Waals surface area contributed by atoms with Crippen LogP contribution in [0.1, 0.15) is 44.6 Å². The van der Waals surface area contributed by atoms with Gasteiger partial charge in [0.25, 0.3) is 0 Å². The molecule has 1 aromatic heterocycles. The largest absolute Gasteiger partial charge is 0.511 e.